The number of nitrogens with zero attached hydrogens (tertiary/aromatic N) is 2. The van der Waals surface area contributed by atoms with Crippen LogP contribution in [0.15, 0.2) is 9.74 Å². The molecular weight excluding hydrogens is 270 g/mol. The minimum Gasteiger partial charge on any atom is -0.265 e. The smallest absolute Gasteiger partial charge is 0.265 e. The van der Waals surface area contributed by atoms with Crippen LogP contribution in [0.5, 0.6) is 0 Å². The maximum atomic E-state index is 11.7. The Morgan fingerprint density at radius 3 is 2.56 bits per heavy atom. The summed E-state index contributed by atoms with van der Waals surface area (Å²) >= 11 is 7.06. The van der Waals surface area contributed by atoms with E-state index >= 15 is 0 Å². The van der Waals surface area contributed by atoms with Crippen molar-refractivity contribution in [3.8, 4) is 0 Å². The highest BCUT2D eigenvalue weighted by molar-refractivity contribution is 7.89. The number of aryl methyl sites for hydroxylation is 1. The Morgan fingerprint density at radius 1 is 1.62 bits per heavy atom. The van der Waals surface area contributed by atoms with Gasteiger partial charge in [-0.3, -0.25) is 4.79 Å². The predicted molar refractivity (Wildman–Crippen MR) is 66.8 cm³/mol. The largest absolute Gasteiger partial charge is 0.298 e. The highest BCUT2D eigenvalue weighted by atomic mass is 35.5. The summed E-state index contributed by atoms with van der Waals surface area (Å²) < 4.78 is 16.3. The van der Waals surface area contributed by atoms with Gasteiger partial charge in [0.15, 0.2) is 10.1 Å². The Labute approximate surface area is 104 Å². The minimum absolute atomic E-state index is 0.263. The molecule has 16 heavy (non-hydrogen) atoms. The number of rotatable bonds is 2. The molecular formula is C8H12ClN3O2S2. The molecule has 8 heteroatoms. The number of hydrogen-bond donors (Lipinski definition) is 1. The molecule has 90 valence electrons. The summed E-state index contributed by atoms with van der Waals surface area (Å²) in [4.78, 5) is 11.9. The normalized spacial score (nSPS) is 14.9. The van der Waals surface area contributed by atoms with Crippen LogP contribution >= 0.6 is 22.9 Å². The molecule has 0 aliphatic rings. The first-order valence-corrected chi connectivity index (χ1v) is 7.05. The monoisotopic (exact) mass is 281 g/mol. The third-order valence-corrected chi connectivity index (χ3v) is 4.99. The Morgan fingerprint density at radius 2 is 2.19 bits per heavy atom. The van der Waals surface area contributed by atoms with Crippen molar-refractivity contribution in [2.24, 2.45) is 9.50 Å². The van der Waals surface area contributed by atoms with E-state index in [4.69, 9.17) is 16.7 Å². The molecule has 0 aliphatic carbocycles. The second kappa shape index (κ2) is 4.80. The molecule has 1 heterocycles. The average Bonchev–Trinajstić information content (AvgIpc) is 2.46. The molecule has 1 atom stereocenters. The Hall–Kier alpha value is -0.470. The van der Waals surface area contributed by atoms with Crippen molar-refractivity contribution < 1.29 is 9.00 Å². The van der Waals surface area contributed by atoms with Crippen molar-refractivity contribution in [1.82, 2.24) is 4.31 Å². The van der Waals surface area contributed by atoms with E-state index in [1.165, 1.54) is 18.4 Å². The number of hydrogen-bond acceptors (Lipinski definition) is 3. The van der Waals surface area contributed by atoms with Crippen LogP contribution in [0.2, 0.25) is 5.02 Å². The third kappa shape index (κ3) is 2.80. The van der Waals surface area contributed by atoms with E-state index in [0.29, 0.717) is 5.02 Å². The molecule has 0 spiro atoms. The van der Waals surface area contributed by atoms with Gasteiger partial charge in [-0.25, -0.2) is 13.7 Å². The topological polar surface area (TPSA) is 75.8 Å². The van der Waals surface area contributed by atoms with E-state index < -0.39 is 16.0 Å². The first-order valence-electron chi connectivity index (χ1n) is 4.26. The van der Waals surface area contributed by atoms with Crippen LogP contribution in [0, 0.1) is 6.92 Å². The van der Waals surface area contributed by atoms with E-state index in [0.717, 1.165) is 16.9 Å². The lowest BCUT2D eigenvalue weighted by atomic mass is 10.3. The van der Waals surface area contributed by atoms with Crippen molar-refractivity contribution in [2.75, 3.05) is 14.1 Å². The van der Waals surface area contributed by atoms with E-state index in [9.17, 15) is 9.00 Å². The summed E-state index contributed by atoms with van der Waals surface area (Å²) in [5.41, 5.74) is 0.790. The van der Waals surface area contributed by atoms with Gasteiger partial charge in [-0.1, -0.05) is 11.6 Å². The van der Waals surface area contributed by atoms with Gasteiger partial charge >= 0.3 is 0 Å². The highest BCUT2D eigenvalue weighted by Gasteiger charge is 2.17. The van der Waals surface area contributed by atoms with Crippen molar-refractivity contribution in [3.05, 3.63) is 20.8 Å². The number of thiophene rings is 1. The average molecular weight is 282 g/mol. The Kier molecular flexibility index (Phi) is 4.08. The predicted octanol–water partition coefficient (Wildman–Crippen LogP) is 1.67. The van der Waals surface area contributed by atoms with Gasteiger partial charge in [0.25, 0.3) is 5.91 Å². The van der Waals surface area contributed by atoms with E-state index in [2.05, 4.69) is 4.36 Å². The maximum absolute atomic E-state index is 11.7. The van der Waals surface area contributed by atoms with Gasteiger partial charge < -0.3 is 0 Å². The lowest BCUT2D eigenvalue weighted by molar-refractivity contribution is 0.101. The number of halogens is 1. The molecule has 5 nitrogen and oxygen atoms in total. The van der Waals surface area contributed by atoms with Gasteiger partial charge in [-0.05, 0) is 17.9 Å². The Bertz CT molecular complexity index is 529. The molecule has 0 aromatic carbocycles. The van der Waals surface area contributed by atoms with Crippen LogP contribution in [0.4, 0.5) is 0 Å². The van der Waals surface area contributed by atoms with Gasteiger partial charge in [0.05, 0.1) is 5.02 Å². The fraction of sp³-hybridized carbons (Fsp3) is 0.375. The van der Waals surface area contributed by atoms with E-state index in [-0.39, 0.29) is 4.88 Å². The van der Waals surface area contributed by atoms with Crippen LogP contribution in [0.25, 0.3) is 0 Å². The van der Waals surface area contributed by atoms with Crippen molar-refractivity contribution in [1.29, 1.82) is 0 Å². The lowest BCUT2D eigenvalue weighted by Gasteiger charge is -2.10. The first-order chi connectivity index (χ1) is 7.25. The third-order valence-electron chi connectivity index (χ3n) is 1.83. The molecule has 1 amide bonds. The zero-order chi connectivity index (χ0) is 12.5. The summed E-state index contributed by atoms with van der Waals surface area (Å²) in [6.07, 6.45) is 0. The molecule has 0 saturated heterocycles. The zero-order valence-electron chi connectivity index (χ0n) is 9.06. The van der Waals surface area contributed by atoms with Crippen LogP contribution in [-0.2, 0) is 10.1 Å². The molecule has 0 saturated carbocycles. The number of nitrogens with two attached hydrogens (primary N) is 1. The number of carbonyl (C=O) groups is 1. The summed E-state index contributed by atoms with van der Waals surface area (Å²) in [6, 6.07) is 0. The van der Waals surface area contributed by atoms with Gasteiger partial charge in [0, 0.05) is 14.1 Å². The lowest BCUT2D eigenvalue weighted by Crippen LogP contribution is -2.30. The summed E-state index contributed by atoms with van der Waals surface area (Å²) in [7, 11) is -0.173. The molecule has 1 aromatic heterocycles. The van der Waals surface area contributed by atoms with Crippen LogP contribution in [0.1, 0.15) is 15.2 Å². The fourth-order valence-electron chi connectivity index (χ4n) is 0.816. The maximum Gasteiger partial charge on any atom is 0.298 e. The summed E-state index contributed by atoms with van der Waals surface area (Å²) in [6.45, 7) is 1.78. The number of carbonyl (C=O) groups excluding carboxylic acids is 1. The molecule has 2 N–H and O–H groups in total. The van der Waals surface area contributed by atoms with Gasteiger partial charge in [0.1, 0.15) is 4.88 Å². The molecule has 0 aliphatic heterocycles. The van der Waals surface area contributed by atoms with Gasteiger partial charge in [-0.15, -0.1) is 15.7 Å². The van der Waals surface area contributed by atoms with Crippen LogP contribution < -0.4 is 5.14 Å². The zero-order valence-corrected chi connectivity index (χ0v) is 11.4. The van der Waals surface area contributed by atoms with Crippen LogP contribution in [-0.4, -0.2) is 28.5 Å². The van der Waals surface area contributed by atoms with Crippen molar-refractivity contribution >= 4 is 38.9 Å². The number of amides is 1. The van der Waals surface area contributed by atoms with Crippen LogP contribution in [0.3, 0.4) is 0 Å². The Balaban J connectivity index is 3.16. The standard InChI is InChI=1S/C8H12ClN3O2S2/c1-5-4-15-7(6(5)9)8(13)11-16(10,14)12(2)3/h4H,1-3H3,(H2,10,11,13,14). The van der Waals surface area contributed by atoms with Gasteiger partial charge in [-0.2, -0.15) is 0 Å². The van der Waals surface area contributed by atoms with Crippen molar-refractivity contribution in [3.63, 3.8) is 0 Å². The SMILES string of the molecule is Cc1csc(C(=O)N=S(N)(=O)N(C)C)c1Cl. The van der Waals surface area contributed by atoms with E-state index in [1.807, 2.05) is 0 Å². The first kappa shape index (κ1) is 13.6. The summed E-state index contributed by atoms with van der Waals surface area (Å²) in [5, 5.41) is 7.46. The molecule has 1 unspecified atom stereocenters. The van der Waals surface area contributed by atoms with E-state index in [1.54, 1.807) is 12.3 Å². The van der Waals surface area contributed by atoms with Gasteiger partial charge in [0.2, 0.25) is 0 Å². The fourth-order valence-corrected chi connectivity index (χ4v) is 2.52. The van der Waals surface area contributed by atoms with Crippen molar-refractivity contribution in [2.45, 2.75) is 6.92 Å². The summed E-state index contributed by atoms with van der Waals surface area (Å²) in [5.74, 6) is -0.649. The minimum atomic E-state index is -3.15. The molecule has 0 radical (unpaired) electrons. The second-order valence-corrected chi connectivity index (χ2v) is 6.55. The molecule has 0 fully saturated rings. The molecule has 1 rings (SSSR count). The molecule has 0 bridgehead atoms. The highest BCUT2D eigenvalue weighted by Crippen LogP contribution is 2.27. The second-order valence-electron chi connectivity index (χ2n) is 3.31. The quantitative estimate of drug-likeness (QED) is 0.895. The molecule has 1 aromatic rings.